The highest BCUT2D eigenvalue weighted by Gasteiger charge is 2.53. The summed E-state index contributed by atoms with van der Waals surface area (Å²) in [6.07, 6.45) is 3.52. The van der Waals surface area contributed by atoms with Gasteiger partial charge < -0.3 is 30.0 Å². The molecule has 206 valence electrons. The lowest BCUT2D eigenvalue weighted by molar-refractivity contribution is -0.208. The van der Waals surface area contributed by atoms with E-state index >= 15 is 0 Å². The minimum Gasteiger partial charge on any atom is -0.488 e. The Labute approximate surface area is 232 Å². The molecule has 3 aromatic heterocycles. The van der Waals surface area contributed by atoms with Gasteiger partial charge in [0, 0.05) is 30.1 Å². The molecule has 38 heavy (non-hydrogen) atoms. The van der Waals surface area contributed by atoms with Gasteiger partial charge >= 0.3 is 0 Å². The summed E-state index contributed by atoms with van der Waals surface area (Å²) in [5.74, 6) is 1.46. The largest absolute Gasteiger partial charge is 0.488 e. The number of nitrogens with one attached hydrogen (secondary N) is 2. The molecule has 0 spiro atoms. The number of nitrogens with zero attached hydrogens (tertiary/aromatic N) is 3. The maximum absolute atomic E-state index is 14.8. The van der Waals surface area contributed by atoms with Crippen molar-refractivity contribution >= 4 is 41.7 Å². The monoisotopic (exact) mass is 567 g/mol. The minimum absolute atomic E-state index is 0. The van der Waals surface area contributed by atoms with E-state index in [2.05, 4.69) is 25.6 Å². The fraction of sp³-hybridized carbons (Fsp3) is 0.500. The summed E-state index contributed by atoms with van der Waals surface area (Å²) in [6.45, 7) is 2.51. The van der Waals surface area contributed by atoms with Crippen LogP contribution in [0.25, 0.3) is 11.0 Å². The van der Waals surface area contributed by atoms with Gasteiger partial charge in [-0.3, -0.25) is 4.98 Å². The van der Waals surface area contributed by atoms with Crippen molar-refractivity contribution in [2.45, 2.75) is 55.9 Å². The van der Waals surface area contributed by atoms with Gasteiger partial charge in [-0.2, -0.15) is 0 Å². The van der Waals surface area contributed by atoms with Crippen molar-refractivity contribution in [2.75, 3.05) is 32.2 Å². The maximum atomic E-state index is 14.8. The van der Waals surface area contributed by atoms with Gasteiger partial charge in [0.1, 0.15) is 12.4 Å². The predicted molar refractivity (Wildman–Crippen MR) is 145 cm³/mol. The number of aromatic nitrogens is 3. The Hall–Kier alpha value is -2.50. The minimum atomic E-state index is -0.864. The molecule has 3 aromatic rings. The van der Waals surface area contributed by atoms with Gasteiger partial charge in [0.25, 0.3) is 0 Å². The Balaban J connectivity index is 0.00000168. The molecular formula is C26H32Cl2FN5O4. The van der Waals surface area contributed by atoms with Crippen LogP contribution < -0.4 is 20.1 Å². The molecule has 1 aliphatic carbocycles. The quantitative estimate of drug-likeness (QED) is 0.394. The second-order valence-electron chi connectivity index (χ2n) is 9.94. The van der Waals surface area contributed by atoms with Crippen molar-refractivity contribution in [3.63, 3.8) is 0 Å². The van der Waals surface area contributed by atoms with Crippen molar-refractivity contribution in [1.29, 1.82) is 0 Å². The molecule has 3 N–H and O–H groups in total. The molecule has 4 aliphatic rings. The molecule has 3 fully saturated rings. The lowest BCUT2D eigenvalue weighted by Gasteiger charge is -2.55. The van der Waals surface area contributed by atoms with Crippen LogP contribution in [0.5, 0.6) is 11.6 Å². The molecule has 6 heterocycles. The molecule has 2 saturated heterocycles. The fourth-order valence-corrected chi connectivity index (χ4v) is 5.58. The first kappa shape index (κ1) is 28.5. The first-order valence-corrected chi connectivity index (χ1v) is 12.4. The summed E-state index contributed by atoms with van der Waals surface area (Å²) in [5.41, 5.74) is 1.38. The van der Waals surface area contributed by atoms with Gasteiger partial charge in [-0.15, -0.1) is 24.8 Å². The first-order valence-electron chi connectivity index (χ1n) is 12.4. The van der Waals surface area contributed by atoms with E-state index in [0.29, 0.717) is 55.1 Å². The average molecular weight is 568 g/mol. The van der Waals surface area contributed by atoms with Crippen LogP contribution in [0.1, 0.15) is 36.9 Å². The molecule has 0 amide bonds. The van der Waals surface area contributed by atoms with Crippen LogP contribution >= 0.6 is 24.8 Å². The van der Waals surface area contributed by atoms with Crippen molar-refractivity contribution in [3.8, 4) is 11.6 Å². The number of halogens is 3. The summed E-state index contributed by atoms with van der Waals surface area (Å²) in [7, 11) is 1.51. The number of hydrogen-bond donors (Lipinski definition) is 3. The number of ether oxygens (including phenoxy) is 3. The van der Waals surface area contributed by atoms with Crippen LogP contribution in [0, 0.1) is 5.82 Å². The number of anilines is 1. The highest BCUT2D eigenvalue weighted by Crippen LogP contribution is 2.46. The van der Waals surface area contributed by atoms with Gasteiger partial charge in [0.05, 0.1) is 54.9 Å². The molecule has 1 saturated carbocycles. The molecule has 9 nitrogen and oxygen atoms in total. The maximum Gasteiger partial charge on any atom is 0.213 e. The fourth-order valence-electron chi connectivity index (χ4n) is 5.58. The van der Waals surface area contributed by atoms with Gasteiger partial charge in [-0.25, -0.2) is 14.4 Å². The Bertz CT molecular complexity index is 1280. The van der Waals surface area contributed by atoms with Crippen molar-refractivity contribution in [2.24, 2.45) is 0 Å². The highest BCUT2D eigenvalue weighted by molar-refractivity contribution is 5.85. The van der Waals surface area contributed by atoms with E-state index in [4.69, 9.17) is 14.2 Å². The SMILES string of the molecule is COc1ccc2ncc(F)c(C[C@H](O)C34CCC(NCc5ccc6c(n5)NCCO6)(CC3)CO4)c2n1.Cl.Cl. The molecule has 7 rings (SSSR count). The van der Waals surface area contributed by atoms with Crippen molar-refractivity contribution in [3.05, 3.63) is 47.5 Å². The zero-order valence-electron chi connectivity index (χ0n) is 21.0. The van der Waals surface area contributed by atoms with Crippen LogP contribution in [-0.4, -0.2) is 64.2 Å². The van der Waals surface area contributed by atoms with Crippen LogP contribution in [-0.2, 0) is 17.7 Å². The zero-order chi connectivity index (χ0) is 24.8. The Kier molecular flexibility index (Phi) is 8.49. The molecule has 0 radical (unpaired) electrons. The van der Waals surface area contributed by atoms with Crippen molar-refractivity contribution in [1.82, 2.24) is 20.3 Å². The van der Waals surface area contributed by atoms with E-state index in [9.17, 15) is 9.50 Å². The predicted octanol–water partition coefficient (Wildman–Crippen LogP) is 3.60. The number of rotatable bonds is 7. The van der Waals surface area contributed by atoms with Crippen molar-refractivity contribution < 1.29 is 23.7 Å². The van der Waals surface area contributed by atoms with E-state index in [1.54, 1.807) is 12.1 Å². The summed E-state index contributed by atoms with van der Waals surface area (Å²) >= 11 is 0. The third kappa shape index (κ3) is 5.20. The third-order valence-electron chi connectivity index (χ3n) is 7.86. The summed E-state index contributed by atoms with van der Waals surface area (Å²) < 4.78 is 32.0. The molecule has 2 bridgehead atoms. The molecule has 3 aliphatic heterocycles. The molecule has 0 unspecified atom stereocenters. The third-order valence-corrected chi connectivity index (χ3v) is 7.86. The Morgan fingerprint density at radius 2 is 1.97 bits per heavy atom. The molecule has 1 atom stereocenters. The topological polar surface area (TPSA) is 111 Å². The van der Waals surface area contributed by atoms with E-state index in [0.717, 1.165) is 36.6 Å². The summed E-state index contributed by atoms with van der Waals surface area (Å²) in [4.78, 5) is 13.2. The zero-order valence-corrected chi connectivity index (χ0v) is 22.7. The van der Waals surface area contributed by atoms with Gasteiger partial charge in [-0.05, 0) is 43.9 Å². The second-order valence-corrected chi connectivity index (χ2v) is 9.94. The summed E-state index contributed by atoms with van der Waals surface area (Å²) in [5, 5.41) is 18.2. The van der Waals surface area contributed by atoms with Crippen LogP contribution in [0.4, 0.5) is 10.2 Å². The number of aliphatic hydroxyl groups is 1. The number of fused-ring (bicyclic) bond motifs is 5. The standard InChI is InChI=1S/C26H30FN5O4.2ClH/c1-34-22-5-3-19-23(32-22)17(18(27)14-29-19)12-21(33)26-8-6-25(7-9-26,15-36-26)30-13-16-2-4-20-24(31-16)28-10-11-35-20;;/h2-5,14,21,30,33H,6-13,15H2,1H3,(H,28,31);2*1H/t21-,25?,26?;;/m0../s1. The van der Waals surface area contributed by atoms with E-state index in [1.807, 2.05) is 12.1 Å². The second kappa shape index (κ2) is 11.3. The van der Waals surface area contributed by atoms with E-state index in [-0.39, 0.29) is 36.8 Å². The number of hydrogen-bond acceptors (Lipinski definition) is 9. The Morgan fingerprint density at radius 1 is 1.16 bits per heavy atom. The van der Waals surface area contributed by atoms with E-state index in [1.165, 1.54) is 13.3 Å². The number of aliphatic hydroxyl groups excluding tert-OH is 1. The number of methoxy groups -OCH3 is 1. The first-order chi connectivity index (χ1) is 17.5. The van der Waals surface area contributed by atoms with Gasteiger partial charge in [-0.1, -0.05) is 0 Å². The van der Waals surface area contributed by atoms with Crippen LogP contribution in [0.2, 0.25) is 0 Å². The molecule has 0 aromatic carbocycles. The van der Waals surface area contributed by atoms with Gasteiger partial charge in [0.2, 0.25) is 5.88 Å². The molecular weight excluding hydrogens is 536 g/mol. The van der Waals surface area contributed by atoms with Gasteiger partial charge in [0.15, 0.2) is 11.6 Å². The normalized spacial score (nSPS) is 24.3. The van der Waals surface area contributed by atoms with Crippen LogP contribution in [0.3, 0.4) is 0 Å². The average Bonchev–Trinajstić information content (AvgIpc) is 2.94. The van der Waals surface area contributed by atoms with E-state index < -0.39 is 17.5 Å². The Morgan fingerprint density at radius 3 is 2.71 bits per heavy atom. The van der Waals surface area contributed by atoms with Crippen LogP contribution in [0.15, 0.2) is 30.5 Å². The lowest BCUT2D eigenvalue weighted by atomic mass is 9.68. The summed E-state index contributed by atoms with van der Waals surface area (Å²) in [6, 6.07) is 7.36. The smallest absolute Gasteiger partial charge is 0.213 e. The number of pyridine rings is 3. The highest BCUT2D eigenvalue weighted by atomic mass is 35.5. The molecule has 12 heteroatoms. The lowest BCUT2D eigenvalue weighted by Crippen LogP contribution is -2.65.